The first-order chi connectivity index (χ1) is 15.3. The Hall–Kier alpha value is -3.66. The lowest BCUT2D eigenvalue weighted by Crippen LogP contribution is -2.16. The van der Waals surface area contributed by atoms with Crippen LogP contribution in [-0.4, -0.2) is 18.0 Å². The molecule has 0 saturated heterocycles. The average molecular weight is 425 g/mol. The van der Waals surface area contributed by atoms with Crippen LogP contribution in [-0.2, 0) is 0 Å². The zero-order valence-corrected chi connectivity index (χ0v) is 19.5. The summed E-state index contributed by atoms with van der Waals surface area (Å²) in [5.74, 6) is 0.661. The zero-order chi connectivity index (χ0) is 23.0. The van der Waals surface area contributed by atoms with Gasteiger partial charge in [0.15, 0.2) is 0 Å². The van der Waals surface area contributed by atoms with Gasteiger partial charge in [0, 0.05) is 16.6 Å². The number of carbonyl (C=O) groups excluding carboxylic acids is 1. The predicted octanol–water partition coefficient (Wildman–Crippen LogP) is 6.70. The molecule has 0 aliphatic carbocycles. The molecule has 0 radical (unpaired) electrons. The van der Waals surface area contributed by atoms with Gasteiger partial charge in [0.05, 0.1) is 23.9 Å². The maximum atomic E-state index is 13.6. The third kappa shape index (κ3) is 3.96. The van der Waals surface area contributed by atoms with Crippen LogP contribution in [0.15, 0.2) is 54.6 Å². The van der Waals surface area contributed by atoms with E-state index in [1.165, 1.54) is 5.56 Å². The molecule has 0 bridgehead atoms. The fraction of sp³-hybridized carbons (Fsp3) is 0.214. The van der Waals surface area contributed by atoms with Gasteiger partial charge in [0.2, 0.25) is 0 Å². The lowest BCUT2D eigenvalue weighted by Gasteiger charge is -2.17. The maximum Gasteiger partial charge on any atom is 0.256 e. The molecule has 1 aromatic heterocycles. The third-order valence-corrected chi connectivity index (χ3v) is 5.89. The summed E-state index contributed by atoms with van der Waals surface area (Å²) in [6.45, 7) is 10.1. The Labute approximate surface area is 189 Å². The van der Waals surface area contributed by atoms with Crippen LogP contribution in [0.5, 0.6) is 5.75 Å². The molecule has 1 amide bonds. The van der Waals surface area contributed by atoms with E-state index in [0.29, 0.717) is 5.56 Å². The van der Waals surface area contributed by atoms with E-state index in [1.54, 1.807) is 7.11 Å². The molecule has 1 N–H and O–H groups in total. The molecule has 1 heterocycles. The predicted molar refractivity (Wildman–Crippen MR) is 132 cm³/mol. The number of methoxy groups -OCH3 is 1. The first kappa shape index (κ1) is 21.6. The van der Waals surface area contributed by atoms with Gasteiger partial charge < -0.3 is 10.1 Å². The number of pyridine rings is 1. The number of benzene rings is 3. The fourth-order valence-electron chi connectivity index (χ4n) is 4.28. The average Bonchev–Trinajstić information content (AvgIpc) is 2.75. The van der Waals surface area contributed by atoms with Gasteiger partial charge in [-0.3, -0.25) is 4.79 Å². The highest BCUT2D eigenvalue weighted by Gasteiger charge is 2.21. The molecule has 0 saturated carbocycles. The van der Waals surface area contributed by atoms with E-state index in [9.17, 15) is 4.79 Å². The highest BCUT2D eigenvalue weighted by molar-refractivity contribution is 6.15. The maximum absolute atomic E-state index is 13.6. The van der Waals surface area contributed by atoms with Gasteiger partial charge in [-0.2, -0.15) is 0 Å². The summed E-state index contributed by atoms with van der Waals surface area (Å²) in [5, 5.41) is 4.01. The molecular weight excluding hydrogens is 396 g/mol. The van der Waals surface area contributed by atoms with Gasteiger partial charge in [0.25, 0.3) is 5.91 Å². The summed E-state index contributed by atoms with van der Waals surface area (Å²) in [4.78, 5) is 18.6. The topological polar surface area (TPSA) is 51.2 Å². The number of anilines is 1. The lowest BCUT2D eigenvalue weighted by molar-refractivity contribution is 0.102. The molecule has 0 aliphatic heterocycles. The normalized spacial score (nSPS) is 10.9. The molecule has 0 fully saturated rings. The molecule has 4 heteroatoms. The van der Waals surface area contributed by atoms with Gasteiger partial charge in [-0.05, 0) is 87.7 Å². The minimum absolute atomic E-state index is 0.124. The number of aryl methyl sites for hydroxylation is 4. The van der Waals surface area contributed by atoms with Crippen molar-refractivity contribution < 1.29 is 9.53 Å². The number of nitrogens with zero attached hydrogens (tertiary/aromatic N) is 1. The van der Waals surface area contributed by atoms with Crippen molar-refractivity contribution in [2.45, 2.75) is 34.6 Å². The molecule has 4 aromatic rings. The van der Waals surface area contributed by atoms with Gasteiger partial charge in [-0.25, -0.2) is 4.98 Å². The van der Waals surface area contributed by atoms with Crippen molar-refractivity contribution in [3.63, 3.8) is 0 Å². The Morgan fingerprint density at radius 3 is 2.19 bits per heavy atom. The molecule has 4 rings (SSSR count). The molecule has 162 valence electrons. The minimum Gasteiger partial charge on any atom is -0.497 e. The molecule has 0 unspecified atom stereocenters. The first-order valence-corrected chi connectivity index (χ1v) is 10.7. The lowest BCUT2D eigenvalue weighted by atomic mass is 9.94. The van der Waals surface area contributed by atoms with Crippen LogP contribution in [0.3, 0.4) is 0 Å². The molecule has 4 nitrogen and oxygen atoms in total. The second-order valence-corrected chi connectivity index (χ2v) is 8.44. The largest absolute Gasteiger partial charge is 0.497 e. The van der Waals surface area contributed by atoms with Crippen molar-refractivity contribution in [3.05, 3.63) is 88.0 Å². The van der Waals surface area contributed by atoms with Crippen LogP contribution in [0.4, 0.5) is 5.69 Å². The van der Waals surface area contributed by atoms with Gasteiger partial charge in [-0.15, -0.1) is 0 Å². The Morgan fingerprint density at radius 1 is 0.844 bits per heavy atom. The van der Waals surface area contributed by atoms with Crippen LogP contribution >= 0.6 is 0 Å². The summed E-state index contributed by atoms with van der Waals surface area (Å²) in [7, 11) is 1.65. The quantitative estimate of drug-likeness (QED) is 0.396. The van der Waals surface area contributed by atoms with E-state index in [-0.39, 0.29) is 5.91 Å². The summed E-state index contributed by atoms with van der Waals surface area (Å²) in [6, 6.07) is 18.0. The molecule has 3 aromatic carbocycles. The van der Waals surface area contributed by atoms with Crippen molar-refractivity contribution in [2.75, 3.05) is 12.4 Å². The van der Waals surface area contributed by atoms with E-state index >= 15 is 0 Å². The Balaban J connectivity index is 1.92. The number of amides is 1. The number of nitrogens with one attached hydrogen (secondary N) is 1. The monoisotopic (exact) mass is 424 g/mol. The fourth-order valence-corrected chi connectivity index (χ4v) is 4.28. The zero-order valence-electron chi connectivity index (χ0n) is 19.5. The number of carbonyl (C=O) groups is 1. The summed E-state index contributed by atoms with van der Waals surface area (Å²) in [5.41, 5.74) is 9.30. The number of hydrogen-bond donors (Lipinski definition) is 1. The van der Waals surface area contributed by atoms with Crippen molar-refractivity contribution in [1.82, 2.24) is 4.98 Å². The van der Waals surface area contributed by atoms with Crippen molar-refractivity contribution in [2.24, 2.45) is 0 Å². The number of fused-ring (bicyclic) bond motifs is 1. The van der Waals surface area contributed by atoms with E-state index in [1.807, 2.05) is 71.0 Å². The van der Waals surface area contributed by atoms with Gasteiger partial charge in [-0.1, -0.05) is 29.3 Å². The van der Waals surface area contributed by atoms with E-state index in [2.05, 4.69) is 23.5 Å². The van der Waals surface area contributed by atoms with Crippen molar-refractivity contribution in [1.29, 1.82) is 0 Å². The highest BCUT2D eigenvalue weighted by Crippen LogP contribution is 2.33. The smallest absolute Gasteiger partial charge is 0.256 e. The SMILES string of the molecule is COc1ccc(-c2nc3c(C)cc(C)cc3c(C(=O)Nc3ccc(C)cc3C)c2C)cc1. The van der Waals surface area contributed by atoms with Crippen LogP contribution < -0.4 is 10.1 Å². The molecule has 0 aliphatic rings. The second kappa shape index (κ2) is 8.46. The van der Waals surface area contributed by atoms with Crippen LogP contribution in [0.1, 0.15) is 38.2 Å². The Bertz CT molecular complexity index is 1340. The second-order valence-electron chi connectivity index (χ2n) is 8.44. The number of ether oxygens (including phenoxy) is 1. The van der Waals surface area contributed by atoms with Gasteiger partial charge in [0.1, 0.15) is 5.75 Å². The molecule has 32 heavy (non-hydrogen) atoms. The molecule has 0 atom stereocenters. The Kier molecular flexibility index (Phi) is 5.70. The van der Waals surface area contributed by atoms with Gasteiger partial charge >= 0.3 is 0 Å². The van der Waals surface area contributed by atoms with Crippen LogP contribution in [0, 0.1) is 34.6 Å². The third-order valence-electron chi connectivity index (χ3n) is 5.89. The first-order valence-electron chi connectivity index (χ1n) is 10.7. The number of hydrogen-bond acceptors (Lipinski definition) is 3. The molecular formula is C28H28N2O2. The standard InChI is InChI=1S/C28H28N2O2/c1-16-7-12-24(18(3)13-16)29-28(31)25-20(5)27(21-8-10-22(32-6)11-9-21)30-26-19(4)14-17(2)15-23(25)26/h7-15H,1-6H3,(H,29,31). The van der Waals surface area contributed by atoms with E-state index < -0.39 is 0 Å². The van der Waals surface area contributed by atoms with Crippen LogP contribution in [0.25, 0.3) is 22.2 Å². The van der Waals surface area contributed by atoms with Crippen molar-refractivity contribution >= 4 is 22.5 Å². The number of rotatable bonds is 4. The molecule has 0 spiro atoms. The van der Waals surface area contributed by atoms with E-state index in [0.717, 1.165) is 55.9 Å². The highest BCUT2D eigenvalue weighted by atomic mass is 16.5. The summed E-state index contributed by atoms with van der Waals surface area (Å²) in [6.07, 6.45) is 0. The minimum atomic E-state index is -0.124. The number of aromatic nitrogens is 1. The summed E-state index contributed by atoms with van der Waals surface area (Å²) >= 11 is 0. The summed E-state index contributed by atoms with van der Waals surface area (Å²) < 4.78 is 5.30. The Morgan fingerprint density at radius 2 is 1.53 bits per heavy atom. The van der Waals surface area contributed by atoms with E-state index in [4.69, 9.17) is 9.72 Å². The van der Waals surface area contributed by atoms with Crippen LogP contribution in [0.2, 0.25) is 0 Å². The van der Waals surface area contributed by atoms with Crippen molar-refractivity contribution in [3.8, 4) is 17.0 Å².